The third-order valence-electron chi connectivity index (χ3n) is 6.00. The van der Waals surface area contributed by atoms with Gasteiger partial charge in [-0.05, 0) is 61.5 Å². The molecule has 3 atom stereocenters. The van der Waals surface area contributed by atoms with Gasteiger partial charge in [-0.3, -0.25) is 10.5 Å². The Bertz CT molecular complexity index is 957. The van der Waals surface area contributed by atoms with Gasteiger partial charge in [-0.15, -0.1) is 0 Å². The molecule has 2 aromatic rings. The molecule has 3 rings (SSSR count). The highest BCUT2D eigenvalue weighted by atomic mass is 35.5. The van der Waals surface area contributed by atoms with E-state index in [1.54, 1.807) is 0 Å². The number of ether oxygens (including phenoxy) is 1. The van der Waals surface area contributed by atoms with E-state index in [0.29, 0.717) is 12.3 Å². The molecular formula is C29H42ClN3O4. The number of aliphatic carboxylic acids is 1. The van der Waals surface area contributed by atoms with E-state index >= 15 is 0 Å². The number of quaternary nitrogens is 1. The molecule has 1 heterocycles. The first-order chi connectivity index (χ1) is 17.4. The number of rotatable bonds is 11. The largest absolute Gasteiger partial charge is 0.548 e. The summed E-state index contributed by atoms with van der Waals surface area (Å²) in [6.45, 7) is 2.06. The van der Waals surface area contributed by atoms with E-state index in [9.17, 15) is 14.7 Å². The number of piperidine rings is 1. The molecule has 0 bridgehead atoms. The lowest BCUT2D eigenvalue weighted by Crippen LogP contribution is -2.40. The molecule has 8 heteroatoms. The first-order valence-corrected chi connectivity index (χ1v) is 13.2. The average Bonchev–Trinajstić information content (AvgIpc) is 2.84. The molecule has 204 valence electrons. The third kappa shape index (κ3) is 12.2. The first kappa shape index (κ1) is 30.9. The van der Waals surface area contributed by atoms with E-state index in [0.717, 1.165) is 42.0 Å². The Labute approximate surface area is 226 Å². The van der Waals surface area contributed by atoms with Gasteiger partial charge in [0.2, 0.25) is 0 Å². The van der Waals surface area contributed by atoms with Crippen LogP contribution in [0.4, 0.5) is 0 Å². The molecular weight excluding hydrogens is 490 g/mol. The minimum Gasteiger partial charge on any atom is -0.548 e. The van der Waals surface area contributed by atoms with Crippen molar-refractivity contribution in [2.75, 3.05) is 54.4 Å². The maximum absolute atomic E-state index is 12.1. The van der Waals surface area contributed by atoms with Gasteiger partial charge in [0.15, 0.2) is 12.0 Å². The van der Waals surface area contributed by atoms with E-state index < -0.39 is 18.8 Å². The van der Waals surface area contributed by atoms with Gasteiger partial charge in [-0.25, -0.2) is 0 Å². The van der Waals surface area contributed by atoms with Gasteiger partial charge < -0.3 is 24.0 Å². The van der Waals surface area contributed by atoms with Gasteiger partial charge in [0.25, 0.3) is 0 Å². The Hall–Kier alpha value is -2.29. The third-order valence-corrected chi connectivity index (χ3v) is 6.25. The van der Waals surface area contributed by atoms with E-state index in [4.69, 9.17) is 22.1 Å². The average molecular weight is 532 g/mol. The van der Waals surface area contributed by atoms with E-state index in [2.05, 4.69) is 69.5 Å². The van der Waals surface area contributed by atoms with Crippen molar-refractivity contribution >= 4 is 23.4 Å². The minimum atomic E-state index is -1.39. The molecule has 7 nitrogen and oxygen atoms in total. The second-order valence-corrected chi connectivity index (χ2v) is 11.4. The van der Waals surface area contributed by atoms with Crippen molar-refractivity contribution in [1.82, 2.24) is 4.90 Å². The summed E-state index contributed by atoms with van der Waals surface area (Å²) in [5, 5.41) is 11.2. The highest BCUT2D eigenvalue weighted by Crippen LogP contribution is 2.37. The van der Waals surface area contributed by atoms with Crippen molar-refractivity contribution in [2.24, 2.45) is 11.7 Å². The maximum Gasteiger partial charge on any atom is 0.176 e. The molecule has 2 aromatic carbocycles. The first-order valence-electron chi connectivity index (χ1n) is 12.9. The SMILES string of the molecule is C[N+](C)(C)C.NC(OCC(=O)[O-])C(=O)CCCN1CCCC(C(c2ccccc2)c2ccc(Cl)cc2)C1. The fourth-order valence-corrected chi connectivity index (χ4v) is 4.63. The second kappa shape index (κ2) is 15.2. The Balaban J connectivity index is 0.000000877. The molecule has 0 aromatic heterocycles. The van der Waals surface area contributed by atoms with Crippen LogP contribution in [0.3, 0.4) is 0 Å². The standard InChI is InChI=1S/C25H31ClN2O4.C4H12N/c26-21-12-10-19(11-13-21)24(18-6-2-1-3-7-18)20-8-4-14-28(16-20)15-5-9-22(29)25(27)32-17-23(30)31;1-5(2,3)4/h1-3,6-7,10-13,20,24-25H,4-5,8-9,14-17,27H2,(H,30,31);1-4H3/q;+1/p-1. The van der Waals surface area contributed by atoms with Gasteiger partial charge in [0.05, 0.1) is 40.8 Å². The van der Waals surface area contributed by atoms with Crippen LogP contribution in [0.1, 0.15) is 42.7 Å². The number of hydrogen-bond acceptors (Lipinski definition) is 6. The molecule has 0 spiro atoms. The zero-order chi connectivity index (χ0) is 27.4. The highest BCUT2D eigenvalue weighted by molar-refractivity contribution is 6.30. The monoisotopic (exact) mass is 531 g/mol. The van der Waals surface area contributed by atoms with Crippen LogP contribution in [-0.4, -0.2) is 81.8 Å². The summed E-state index contributed by atoms with van der Waals surface area (Å²) in [5.74, 6) is -0.939. The number of carboxylic acid groups (broad SMARTS) is 1. The van der Waals surface area contributed by atoms with Gasteiger partial charge >= 0.3 is 0 Å². The summed E-state index contributed by atoms with van der Waals surface area (Å²) in [4.78, 5) is 24.9. The van der Waals surface area contributed by atoms with Crippen LogP contribution in [-0.2, 0) is 14.3 Å². The van der Waals surface area contributed by atoms with Crippen LogP contribution in [0.15, 0.2) is 54.6 Å². The van der Waals surface area contributed by atoms with Crippen LogP contribution >= 0.6 is 11.6 Å². The van der Waals surface area contributed by atoms with Gasteiger partial charge in [0, 0.05) is 23.9 Å². The van der Waals surface area contributed by atoms with Crippen LogP contribution in [0.2, 0.25) is 5.02 Å². The number of benzene rings is 2. The van der Waals surface area contributed by atoms with Crippen LogP contribution < -0.4 is 10.8 Å². The number of halogens is 1. The van der Waals surface area contributed by atoms with Crippen molar-refractivity contribution in [3.05, 3.63) is 70.7 Å². The van der Waals surface area contributed by atoms with Crippen LogP contribution in [0, 0.1) is 5.92 Å². The molecule has 0 saturated carbocycles. The number of nitrogens with two attached hydrogens (primary N) is 1. The van der Waals surface area contributed by atoms with Crippen LogP contribution in [0.25, 0.3) is 0 Å². The van der Waals surface area contributed by atoms with Gasteiger partial charge in [0.1, 0.15) is 0 Å². The lowest BCUT2D eigenvalue weighted by molar-refractivity contribution is -0.849. The molecule has 1 aliphatic heterocycles. The quantitative estimate of drug-likeness (QED) is 0.354. The number of ketones is 1. The summed E-state index contributed by atoms with van der Waals surface area (Å²) in [7, 11) is 8.50. The Morgan fingerprint density at radius 1 is 1.08 bits per heavy atom. The summed E-state index contributed by atoms with van der Waals surface area (Å²) in [5.41, 5.74) is 8.16. The lowest BCUT2D eigenvalue weighted by Gasteiger charge is -2.37. The summed E-state index contributed by atoms with van der Waals surface area (Å²) < 4.78 is 5.81. The number of carboxylic acids is 1. The van der Waals surface area contributed by atoms with Gasteiger partial charge in [-0.2, -0.15) is 0 Å². The summed E-state index contributed by atoms with van der Waals surface area (Å²) in [6, 6.07) is 18.7. The molecule has 1 aliphatic rings. The van der Waals surface area contributed by atoms with Crippen molar-refractivity contribution in [3.8, 4) is 0 Å². The van der Waals surface area contributed by atoms with Crippen molar-refractivity contribution in [3.63, 3.8) is 0 Å². The minimum absolute atomic E-state index is 0.259. The van der Waals surface area contributed by atoms with Crippen molar-refractivity contribution in [2.45, 2.75) is 37.8 Å². The van der Waals surface area contributed by atoms with E-state index in [1.807, 2.05) is 18.2 Å². The topological polar surface area (TPSA) is 95.7 Å². The number of hydrogen-bond donors (Lipinski definition) is 1. The van der Waals surface area contributed by atoms with Gasteiger partial charge in [-0.1, -0.05) is 54.1 Å². The van der Waals surface area contributed by atoms with E-state index in [-0.39, 0.29) is 18.1 Å². The predicted molar refractivity (Wildman–Crippen MR) is 146 cm³/mol. The summed E-state index contributed by atoms with van der Waals surface area (Å²) >= 11 is 6.13. The number of carbonyl (C=O) groups is 2. The Kier molecular flexibility index (Phi) is 12.7. The number of Topliss-reactive ketones (excluding diaryl/α,β-unsaturated/α-hetero) is 1. The molecule has 1 fully saturated rings. The van der Waals surface area contributed by atoms with Crippen molar-refractivity contribution < 1.29 is 23.9 Å². The van der Waals surface area contributed by atoms with Crippen molar-refractivity contribution in [1.29, 1.82) is 0 Å². The van der Waals surface area contributed by atoms with Crippen LogP contribution in [0.5, 0.6) is 0 Å². The number of likely N-dealkylation sites (tertiary alicyclic amines) is 1. The Morgan fingerprint density at radius 2 is 1.68 bits per heavy atom. The molecule has 0 aliphatic carbocycles. The lowest BCUT2D eigenvalue weighted by atomic mass is 9.77. The molecule has 37 heavy (non-hydrogen) atoms. The zero-order valence-corrected chi connectivity index (χ0v) is 23.3. The fourth-order valence-electron chi connectivity index (χ4n) is 4.50. The highest BCUT2D eigenvalue weighted by Gasteiger charge is 2.29. The molecule has 1 saturated heterocycles. The fraction of sp³-hybridized carbons (Fsp3) is 0.517. The molecule has 2 N–H and O–H groups in total. The summed E-state index contributed by atoms with van der Waals surface area (Å²) in [6.07, 6.45) is 1.94. The number of carbonyl (C=O) groups excluding carboxylic acids is 2. The smallest absolute Gasteiger partial charge is 0.176 e. The normalized spacial score (nSPS) is 17.8. The second-order valence-electron chi connectivity index (χ2n) is 11.0. The molecule has 0 amide bonds. The maximum atomic E-state index is 12.1. The number of nitrogens with zero attached hydrogens (tertiary/aromatic N) is 2. The predicted octanol–water partition coefficient (Wildman–Crippen LogP) is 2.91. The zero-order valence-electron chi connectivity index (χ0n) is 22.6. The molecule has 3 unspecified atom stereocenters. The molecule has 0 radical (unpaired) electrons. The Morgan fingerprint density at radius 3 is 2.27 bits per heavy atom. The van der Waals surface area contributed by atoms with E-state index in [1.165, 1.54) is 11.1 Å².